The van der Waals surface area contributed by atoms with Gasteiger partial charge in [-0.05, 0) is 63.4 Å². The zero-order chi connectivity index (χ0) is 20.2. The number of hydrogen-bond acceptors (Lipinski definition) is 3. The van der Waals surface area contributed by atoms with Crippen molar-refractivity contribution in [1.29, 1.82) is 0 Å². The van der Waals surface area contributed by atoms with Crippen LogP contribution in [0.4, 0.5) is 0 Å². The van der Waals surface area contributed by atoms with Gasteiger partial charge in [0.1, 0.15) is 0 Å². The van der Waals surface area contributed by atoms with E-state index in [9.17, 15) is 9.59 Å². The summed E-state index contributed by atoms with van der Waals surface area (Å²) in [6.07, 6.45) is 10.2. The van der Waals surface area contributed by atoms with Crippen molar-refractivity contribution in [1.82, 2.24) is 10.6 Å². The quantitative estimate of drug-likeness (QED) is 0.663. The van der Waals surface area contributed by atoms with Crippen LogP contribution in [0, 0.1) is 5.41 Å². The third kappa shape index (κ3) is 5.08. The fourth-order valence-electron chi connectivity index (χ4n) is 4.32. The van der Waals surface area contributed by atoms with Crippen molar-refractivity contribution in [2.45, 2.75) is 63.3 Å². The van der Waals surface area contributed by atoms with Crippen molar-refractivity contribution in [3.63, 3.8) is 0 Å². The highest BCUT2D eigenvalue weighted by Crippen LogP contribution is 2.49. The van der Waals surface area contributed by atoms with Crippen LogP contribution < -0.4 is 10.6 Å². The van der Waals surface area contributed by atoms with Crippen molar-refractivity contribution in [2.75, 3.05) is 19.8 Å². The maximum Gasteiger partial charge on any atom is 0.244 e. The van der Waals surface area contributed by atoms with Crippen LogP contribution >= 0.6 is 0 Å². The van der Waals surface area contributed by atoms with E-state index in [0.29, 0.717) is 19.8 Å². The zero-order valence-corrected chi connectivity index (χ0v) is 17.2. The minimum Gasteiger partial charge on any atom is -0.381 e. The molecule has 0 aromatic heterocycles. The third-order valence-corrected chi connectivity index (χ3v) is 6.83. The Labute approximate surface area is 173 Å². The van der Waals surface area contributed by atoms with Gasteiger partial charge in [0.25, 0.3) is 0 Å². The lowest BCUT2D eigenvalue weighted by molar-refractivity contribution is -0.128. The second-order valence-corrected chi connectivity index (χ2v) is 8.99. The first-order valence-electron chi connectivity index (χ1n) is 11.0. The molecule has 4 rings (SSSR count). The number of allylic oxidation sites excluding steroid dienone is 1. The summed E-state index contributed by atoms with van der Waals surface area (Å²) in [5.74, 6) is 0.118. The maximum absolute atomic E-state index is 13.0. The minimum atomic E-state index is -0.401. The van der Waals surface area contributed by atoms with Gasteiger partial charge in [0.15, 0.2) is 0 Å². The van der Waals surface area contributed by atoms with Gasteiger partial charge in [0.05, 0.1) is 5.54 Å². The summed E-state index contributed by atoms with van der Waals surface area (Å²) >= 11 is 0. The highest BCUT2D eigenvalue weighted by molar-refractivity contribution is 5.89. The van der Waals surface area contributed by atoms with E-state index in [4.69, 9.17) is 4.74 Å². The molecule has 2 saturated carbocycles. The number of carbonyl (C=O) groups excluding carboxylic acids is 2. The predicted octanol–water partition coefficient (Wildman–Crippen LogP) is 3.29. The molecule has 0 atom stereocenters. The summed E-state index contributed by atoms with van der Waals surface area (Å²) in [5, 5.41) is 6.40. The van der Waals surface area contributed by atoms with Crippen LogP contribution in [0.1, 0.15) is 56.9 Å². The van der Waals surface area contributed by atoms with E-state index in [0.717, 1.165) is 51.4 Å². The van der Waals surface area contributed by atoms with Crippen LogP contribution in [0.3, 0.4) is 0 Å². The number of rotatable bonds is 8. The second kappa shape index (κ2) is 8.70. The van der Waals surface area contributed by atoms with Gasteiger partial charge >= 0.3 is 0 Å². The summed E-state index contributed by atoms with van der Waals surface area (Å²) in [6.45, 7) is 1.72. The Morgan fingerprint density at radius 1 is 1.03 bits per heavy atom. The standard InChI is InChI=1S/C24H32N2O3/c27-21(17-20-7-4-8-20)26-24(13-15-29-16-14-24)18-25-22(28)23(11-12-23)10-9-19-5-2-1-3-6-19/h1-3,5-6,17H,4,7-16,18H2,(H,25,28)(H,26,27). The molecule has 0 unspecified atom stereocenters. The highest BCUT2D eigenvalue weighted by atomic mass is 16.5. The summed E-state index contributed by atoms with van der Waals surface area (Å²) in [7, 11) is 0. The molecule has 156 valence electrons. The molecule has 1 aliphatic heterocycles. The van der Waals surface area contributed by atoms with E-state index < -0.39 is 5.54 Å². The van der Waals surface area contributed by atoms with E-state index in [1.807, 2.05) is 18.2 Å². The molecule has 1 aromatic rings. The van der Waals surface area contributed by atoms with Crippen molar-refractivity contribution in [3.05, 3.63) is 47.5 Å². The van der Waals surface area contributed by atoms with Crippen LogP contribution in [0.15, 0.2) is 42.0 Å². The molecular formula is C24H32N2O3. The lowest BCUT2D eigenvalue weighted by Crippen LogP contribution is -2.58. The highest BCUT2D eigenvalue weighted by Gasteiger charge is 2.49. The molecule has 1 heterocycles. The SMILES string of the molecule is O=C(C=C1CCC1)NC1(CNC(=O)C2(CCc3ccccc3)CC2)CCOCC1. The van der Waals surface area contributed by atoms with E-state index in [-0.39, 0.29) is 17.2 Å². The largest absolute Gasteiger partial charge is 0.381 e. The molecule has 0 spiro atoms. The van der Waals surface area contributed by atoms with E-state index >= 15 is 0 Å². The van der Waals surface area contributed by atoms with Crippen molar-refractivity contribution in [3.8, 4) is 0 Å². The van der Waals surface area contributed by atoms with E-state index in [2.05, 4.69) is 22.8 Å². The van der Waals surface area contributed by atoms with Crippen molar-refractivity contribution < 1.29 is 14.3 Å². The van der Waals surface area contributed by atoms with Crippen LogP contribution in [0.5, 0.6) is 0 Å². The fraction of sp³-hybridized carbons (Fsp3) is 0.583. The first kappa shape index (κ1) is 20.1. The molecule has 5 heteroatoms. The van der Waals surface area contributed by atoms with Crippen LogP contribution in [0.2, 0.25) is 0 Å². The summed E-state index contributed by atoms with van der Waals surface area (Å²) in [4.78, 5) is 25.5. The van der Waals surface area contributed by atoms with Gasteiger partial charge in [-0.1, -0.05) is 35.9 Å². The van der Waals surface area contributed by atoms with Crippen molar-refractivity contribution >= 4 is 11.8 Å². The molecule has 0 bridgehead atoms. The molecule has 5 nitrogen and oxygen atoms in total. The van der Waals surface area contributed by atoms with Gasteiger partial charge in [-0.25, -0.2) is 0 Å². The first-order chi connectivity index (χ1) is 14.1. The zero-order valence-electron chi connectivity index (χ0n) is 17.2. The summed E-state index contributed by atoms with van der Waals surface area (Å²) in [5.41, 5.74) is 1.89. The molecule has 1 saturated heterocycles. The Kier molecular flexibility index (Phi) is 6.04. The molecule has 0 radical (unpaired) electrons. The van der Waals surface area contributed by atoms with Crippen molar-refractivity contribution in [2.24, 2.45) is 5.41 Å². The van der Waals surface area contributed by atoms with Gasteiger partial charge in [0.2, 0.25) is 11.8 Å². The molecule has 1 aromatic carbocycles. The average molecular weight is 397 g/mol. The normalized spacial score (nSPS) is 21.6. The molecular weight excluding hydrogens is 364 g/mol. The first-order valence-corrected chi connectivity index (χ1v) is 11.0. The van der Waals surface area contributed by atoms with Gasteiger partial charge in [-0.15, -0.1) is 0 Å². The lowest BCUT2D eigenvalue weighted by Gasteiger charge is -2.38. The average Bonchev–Trinajstić information content (AvgIpc) is 3.50. The number of benzene rings is 1. The topological polar surface area (TPSA) is 67.4 Å². The van der Waals surface area contributed by atoms with Gasteiger partial charge in [-0.3, -0.25) is 9.59 Å². The van der Waals surface area contributed by atoms with Crippen LogP contribution in [0.25, 0.3) is 0 Å². The number of ether oxygens (including phenoxy) is 1. The predicted molar refractivity (Wildman–Crippen MR) is 112 cm³/mol. The summed E-state index contributed by atoms with van der Waals surface area (Å²) < 4.78 is 5.51. The van der Waals surface area contributed by atoms with E-state index in [1.54, 1.807) is 6.08 Å². The molecule has 2 N–H and O–H groups in total. The van der Waals surface area contributed by atoms with E-state index in [1.165, 1.54) is 17.6 Å². The van der Waals surface area contributed by atoms with Gasteiger partial charge in [0, 0.05) is 31.2 Å². The van der Waals surface area contributed by atoms with Crippen LogP contribution in [-0.2, 0) is 20.7 Å². The van der Waals surface area contributed by atoms with Gasteiger partial charge in [-0.2, -0.15) is 0 Å². The number of amides is 2. The molecule has 2 aliphatic carbocycles. The molecule has 3 fully saturated rings. The number of hydrogen-bond donors (Lipinski definition) is 2. The Balaban J connectivity index is 1.33. The lowest BCUT2D eigenvalue weighted by atomic mass is 9.88. The smallest absolute Gasteiger partial charge is 0.244 e. The van der Waals surface area contributed by atoms with Crippen LogP contribution in [-0.4, -0.2) is 37.1 Å². The molecule has 29 heavy (non-hydrogen) atoms. The Bertz CT molecular complexity index is 756. The number of aryl methyl sites for hydroxylation is 1. The third-order valence-electron chi connectivity index (χ3n) is 6.83. The number of nitrogens with one attached hydrogen (secondary N) is 2. The fourth-order valence-corrected chi connectivity index (χ4v) is 4.32. The monoisotopic (exact) mass is 396 g/mol. The Morgan fingerprint density at radius 2 is 1.76 bits per heavy atom. The number of carbonyl (C=O) groups is 2. The summed E-state index contributed by atoms with van der Waals surface area (Å²) in [6, 6.07) is 10.4. The minimum absolute atomic E-state index is 0.0268. The maximum atomic E-state index is 13.0. The van der Waals surface area contributed by atoms with Gasteiger partial charge < -0.3 is 15.4 Å². The molecule has 3 aliphatic rings. The second-order valence-electron chi connectivity index (χ2n) is 8.99. The molecule has 2 amide bonds. The Morgan fingerprint density at radius 3 is 2.38 bits per heavy atom. The Hall–Kier alpha value is -2.14.